The molecule has 0 aliphatic heterocycles. The van der Waals surface area contributed by atoms with Crippen molar-refractivity contribution in [2.24, 2.45) is 5.73 Å². The van der Waals surface area contributed by atoms with Crippen LogP contribution in [0.1, 0.15) is 18.5 Å². The van der Waals surface area contributed by atoms with Crippen LogP contribution in [0.5, 0.6) is 0 Å². The van der Waals surface area contributed by atoms with Gasteiger partial charge in [-0.1, -0.05) is 29.4 Å². The zero-order valence-electron chi connectivity index (χ0n) is 9.43. The average molecular weight is 265 g/mol. The Morgan fingerprint density at radius 1 is 1.18 bits per heavy atom. The van der Waals surface area contributed by atoms with E-state index in [9.17, 15) is 0 Å². The van der Waals surface area contributed by atoms with Crippen molar-refractivity contribution in [2.75, 3.05) is 0 Å². The Balaban J connectivity index is 2.11. The molecule has 0 saturated heterocycles. The van der Waals surface area contributed by atoms with Crippen molar-refractivity contribution in [1.29, 1.82) is 0 Å². The Bertz CT molecular complexity index is 480. The highest BCUT2D eigenvalue weighted by Crippen LogP contribution is 2.27. The van der Waals surface area contributed by atoms with Crippen molar-refractivity contribution in [1.82, 2.24) is 4.98 Å². The summed E-state index contributed by atoms with van der Waals surface area (Å²) in [4.78, 5) is 5.49. The molecule has 2 N–H and O–H groups in total. The van der Waals surface area contributed by atoms with Crippen LogP contribution < -0.4 is 5.73 Å². The van der Waals surface area contributed by atoms with E-state index in [1.54, 1.807) is 11.8 Å². The summed E-state index contributed by atoms with van der Waals surface area (Å²) >= 11 is 7.44. The minimum atomic E-state index is 0.0251. The smallest absolute Gasteiger partial charge is 0.101 e. The van der Waals surface area contributed by atoms with Crippen LogP contribution >= 0.6 is 23.4 Å². The normalized spacial score (nSPS) is 12.4. The van der Waals surface area contributed by atoms with Gasteiger partial charge in [0.15, 0.2) is 0 Å². The van der Waals surface area contributed by atoms with Crippen molar-refractivity contribution < 1.29 is 0 Å². The van der Waals surface area contributed by atoms with Gasteiger partial charge in [0.1, 0.15) is 5.03 Å². The van der Waals surface area contributed by atoms with Gasteiger partial charge in [-0.3, -0.25) is 0 Å². The third-order valence-corrected chi connectivity index (χ3v) is 3.53. The lowest BCUT2D eigenvalue weighted by Gasteiger charge is -2.06. The molecule has 1 heterocycles. The molecule has 0 fully saturated rings. The van der Waals surface area contributed by atoms with Crippen LogP contribution in [0, 0.1) is 0 Å². The van der Waals surface area contributed by atoms with Gasteiger partial charge in [0, 0.05) is 22.2 Å². The molecule has 0 saturated carbocycles. The van der Waals surface area contributed by atoms with Crippen LogP contribution in [0.15, 0.2) is 52.5 Å². The predicted molar refractivity (Wildman–Crippen MR) is 72.4 cm³/mol. The van der Waals surface area contributed by atoms with Gasteiger partial charge in [-0.05, 0) is 42.8 Å². The second-order valence-electron chi connectivity index (χ2n) is 3.77. The Morgan fingerprint density at radius 3 is 2.41 bits per heavy atom. The molecule has 0 amide bonds. The molecule has 17 heavy (non-hydrogen) atoms. The van der Waals surface area contributed by atoms with E-state index < -0.39 is 0 Å². The molecule has 4 heteroatoms. The second kappa shape index (κ2) is 5.54. The molecule has 0 unspecified atom stereocenters. The summed E-state index contributed by atoms with van der Waals surface area (Å²) in [6, 6.07) is 11.7. The molecule has 88 valence electrons. The lowest BCUT2D eigenvalue weighted by molar-refractivity contribution is 0.806. The first kappa shape index (κ1) is 12.4. The fraction of sp³-hybridized carbons (Fsp3) is 0.154. The molecule has 1 aromatic carbocycles. The van der Waals surface area contributed by atoms with E-state index in [1.807, 2.05) is 49.5 Å². The van der Waals surface area contributed by atoms with Crippen LogP contribution in [-0.2, 0) is 0 Å². The fourth-order valence-electron chi connectivity index (χ4n) is 1.34. The number of rotatable bonds is 3. The molecule has 1 atom stereocenters. The van der Waals surface area contributed by atoms with Crippen molar-refractivity contribution in [3.05, 3.63) is 53.2 Å². The van der Waals surface area contributed by atoms with Crippen molar-refractivity contribution in [3.8, 4) is 0 Å². The molecule has 2 rings (SSSR count). The van der Waals surface area contributed by atoms with Crippen molar-refractivity contribution in [3.63, 3.8) is 0 Å². The molecule has 0 spiro atoms. The van der Waals surface area contributed by atoms with Gasteiger partial charge in [0.25, 0.3) is 0 Å². The minimum Gasteiger partial charge on any atom is -0.324 e. The largest absolute Gasteiger partial charge is 0.324 e. The van der Waals surface area contributed by atoms with Crippen molar-refractivity contribution >= 4 is 23.4 Å². The van der Waals surface area contributed by atoms with Gasteiger partial charge >= 0.3 is 0 Å². The van der Waals surface area contributed by atoms with Gasteiger partial charge in [0.2, 0.25) is 0 Å². The molecular weight excluding hydrogens is 252 g/mol. The molecule has 2 aromatic rings. The third kappa shape index (κ3) is 3.46. The molecular formula is C13H13ClN2S. The van der Waals surface area contributed by atoms with Gasteiger partial charge in [0.05, 0.1) is 0 Å². The van der Waals surface area contributed by atoms with E-state index >= 15 is 0 Å². The Morgan fingerprint density at radius 2 is 1.88 bits per heavy atom. The Hall–Kier alpha value is -1.03. The molecule has 0 aliphatic rings. The zero-order valence-corrected chi connectivity index (χ0v) is 11.0. The number of hydrogen-bond acceptors (Lipinski definition) is 3. The van der Waals surface area contributed by atoms with Gasteiger partial charge in [-0.2, -0.15) is 0 Å². The summed E-state index contributed by atoms with van der Waals surface area (Å²) in [5.74, 6) is 0. The number of halogens is 1. The average Bonchev–Trinajstić information content (AvgIpc) is 2.33. The minimum absolute atomic E-state index is 0.0251. The van der Waals surface area contributed by atoms with Gasteiger partial charge in [-0.15, -0.1) is 0 Å². The quantitative estimate of drug-likeness (QED) is 0.914. The van der Waals surface area contributed by atoms with Gasteiger partial charge in [-0.25, -0.2) is 4.98 Å². The summed E-state index contributed by atoms with van der Waals surface area (Å²) in [7, 11) is 0. The first-order valence-electron chi connectivity index (χ1n) is 5.30. The second-order valence-corrected chi connectivity index (χ2v) is 5.30. The maximum absolute atomic E-state index is 5.83. The number of nitrogens with zero attached hydrogens (tertiary/aromatic N) is 1. The highest BCUT2D eigenvalue weighted by Gasteiger charge is 2.02. The number of aromatic nitrogens is 1. The van der Waals surface area contributed by atoms with Crippen LogP contribution in [0.3, 0.4) is 0 Å². The van der Waals surface area contributed by atoms with E-state index in [0.717, 1.165) is 20.5 Å². The van der Waals surface area contributed by atoms with E-state index in [0.29, 0.717) is 0 Å². The number of hydrogen-bond donors (Lipinski definition) is 1. The Kier molecular flexibility index (Phi) is 4.05. The summed E-state index contributed by atoms with van der Waals surface area (Å²) in [5, 5.41) is 1.70. The molecule has 0 radical (unpaired) electrons. The maximum atomic E-state index is 5.83. The first-order valence-corrected chi connectivity index (χ1v) is 6.49. The van der Waals surface area contributed by atoms with E-state index in [2.05, 4.69) is 4.98 Å². The van der Waals surface area contributed by atoms with Gasteiger partial charge < -0.3 is 5.73 Å². The highest BCUT2D eigenvalue weighted by atomic mass is 35.5. The molecule has 0 aliphatic carbocycles. The fourth-order valence-corrected chi connectivity index (χ4v) is 2.23. The van der Waals surface area contributed by atoms with Crippen LogP contribution in [0.2, 0.25) is 5.02 Å². The summed E-state index contributed by atoms with van der Waals surface area (Å²) < 4.78 is 0. The van der Waals surface area contributed by atoms with Crippen LogP contribution in [-0.4, -0.2) is 4.98 Å². The van der Waals surface area contributed by atoms with Crippen LogP contribution in [0.25, 0.3) is 0 Å². The lowest BCUT2D eigenvalue weighted by atomic mass is 10.2. The van der Waals surface area contributed by atoms with E-state index in [-0.39, 0.29) is 6.04 Å². The first-order chi connectivity index (χ1) is 8.15. The lowest BCUT2D eigenvalue weighted by Crippen LogP contribution is -2.04. The van der Waals surface area contributed by atoms with E-state index in [1.165, 1.54) is 0 Å². The predicted octanol–water partition coefficient (Wildman–Crippen LogP) is 3.91. The standard InChI is InChI=1S/C13H13ClN2S/c1-9(15)10-2-7-13(16-8-10)17-12-5-3-11(14)4-6-12/h2-9H,15H2,1H3/t9-/m0/s1. The molecule has 0 bridgehead atoms. The van der Waals surface area contributed by atoms with E-state index in [4.69, 9.17) is 17.3 Å². The number of benzene rings is 1. The zero-order chi connectivity index (χ0) is 12.3. The third-order valence-electron chi connectivity index (χ3n) is 2.32. The number of nitrogens with two attached hydrogens (primary N) is 1. The Labute approximate surface area is 110 Å². The molecule has 2 nitrogen and oxygen atoms in total. The van der Waals surface area contributed by atoms with Crippen molar-refractivity contribution in [2.45, 2.75) is 22.9 Å². The maximum Gasteiger partial charge on any atom is 0.101 e. The molecule has 1 aromatic heterocycles. The number of pyridine rings is 1. The topological polar surface area (TPSA) is 38.9 Å². The summed E-state index contributed by atoms with van der Waals surface area (Å²) in [6.07, 6.45) is 1.82. The highest BCUT2D eigenvalue weighted by molar-refractivity contribution is 7.99. The summed E-state index contributed by atoms with van der Waals surface area (Å²) in [5.41, 5.74) is 6.82. The monoisotopic (exact) mass is 264 g/mol. The van der Waals surface area contributed by atoms with Crippen LogP contribution in [0.4, 0.5) is 0 Å². The SMILES string of the molecule is C[C@H](N)c1ccc(Sc2ccc(Cl)cc2)nc1. The summed E-state index contributed by atoms with van der Waals surface area (Å²) in [6.45, 7) is 1.95.